The van der Waals surface area contributed by atoms with E-state index in [1.54, 1.807) is 0 Å². The molecule has 0 unspecified atom stereocenters. The number of alkyl halides is 3. The number of aryl methyl sites for hydroxylation is 1. The summed E-state index contributed by atoms with van der Waals surface area (Å²) in [6, 6.07) is 9.22. The first-order valence-corrected chi connectivity index (χ1v) is 10.0. The standard InChI is InChI=1S/C22H29F3N2O/c1-3-4-13-27-14-11-20(21-6-5-12-26(21)2)17(15-27)16-28-19-9-7-18(8-10-19)22(23,24)25/h5-10,12,17,20H,3-4,11,13-16H2,1-2H3/t17-,20+/m1/s1. The fraction of sp³-hybridized carbons (Fsp3) is 0.545. The first-order chi connectivity index (χ1) is 13.4. The van der Waals surface area contributed by atoms with Gasteiger partial charge in [-0.05, 0) is 62.3 Å². The Morgan fingerprint density at radius 2 is 1.89 bits per heavy atom. The van der Waals surface area contributed by atoms with Crippen LogP contribution in [0.2, 0.25) is 0 Å². The van der Waals surface area contributed by atoms with E-state index < -0.39 is 11.7 Å². The lowest BCUT2D eigenvalue weighted by molar-refractivity contribution is -0.137. The Morgan fingerprint density at radius 3 is 2.50 bits per heavy atom. The van der Waals surface area contributed by atoms with Crippen molar-refractivity contribution in [3.8, 4) is 5.75 Å². The van der Waals surface area contributed by atoms with Crippen molar-refractivity contribution in [2.24, 2.45) is 13.0 Å². The monoisotopic (exact) mass is 394 g/mol. The van der Waals surface area contributed by atoms with Crippen molar-refractivity contribution in [1.82, 2.24) is 9.47 Å². The summed E-state index contributed by atoms with van der Waals surface area (Å²) in [5.74, 6) is 1.19. The summed E-state index contributed by atoms with van der Waals surface area (Å²) >= 11 is 0. The fourth-order valence-electron chi connectivity index (χ4n) is 4.05. The van der Waals surface area contributed by atoms with Crippen molar-refractivity contribution in [3.63, 3.8) is 0 Å². The van der Waals surface area contributed by atoms with Crippen molar-refractivity contribution in [3.05, 3.63) is 53.9 Å². The Kier molecular flexibility index (Phi) is 6.70. The highest BCUT2D eigenvalue weighted by atomic mass is 19.4. The minimum absolute atomic E-state index is 0.307. The number of unbranched alkanes of at least 4 members (excludes halogenated alkanes) is 1. The van der Waals surface area contributed by atoms with Crippen molar-refractivity contribution >= 4 is 0 Å². The van der Waals surface area contributed by atoms with E-state index in [1.165, 1.54) is 30.7 Å². The molecule has 1 saturated heterocycles. The van der Waals surface area contributed by atoms with Gasteiger partial charge in [-0.1, -0.05) is 13.3 Å². The van der Waals surface area contributed by atoms with E-state index >= 15 is 0 Å². The molecule has 154 valence electrons. The van der Waals surface area contributed by atoms with Gasteiger partial charge in [0.15, 0.2) is 0 Å². The largest absolute Gasteiger partial charge is 0.493 e. The molecule has 0 N–H and O–H groups in total. The van der Waals surface area contributed by atoms with E-state index in [-0.39, 0.29) is 0 Å². The Bertz CT molecular complexity index is 739. The molecular weight excluding hydrogens is 365 g/mol. The number of hydrogen-bond donors (Lipinski definition) is 0. The van der Waals surface area contributed by atoms with Gasteiger partial charge in [0.2, 0.25) is 0 Å². The molecule has 1 aromatic carbocycles. The summed E-state index contributed by atoms with van der Waals surface area (Å²) in [7, 11) is 2.06. The van der Waals surface area contributed by atoms with Crippen LogP contribution < -0.4 is 4.74 Å². The lowest BCUT2D eigenvalue weighted by Crippen LogP contribution is -2.42. The van der Waals surface area contributed by atoms with Crippen LogP contribution in [0.4, 0.5) is 13.2 Å². The zero-order valence-electron chi connectivity index (χ0n) is 16.6. The number of hydrogen-bond acceptors (Lipinski definition) is 2. The van der Waals surface area contributed by atoms with Crippen LogP contribution >= 0.6 is 0 Å². The SMILES string of the molecule is CCCCN1CC[C@H](c2cccn2C)[C@@H](COc2ccc(C(F)(F)F)cc2)C1. The third-order valence-electron chi connectivity index (χ3n) is 5.66. The van der Waals surface area contributed by atoms with Gasteiger partial charge in [0.25, 0.3) is 0 Å². The zero-order valence-corrected chi connectivity index (χ0v) is 16.6. The third kappa shape index (κ3) is 5.10. The Morgan fingerprint density at radius 1 is 1.14 bits per heavy atom. The van der Waals surface area contributed by atoms with Crippen LogP contribution in [0.5, 0.6) is 5.75 Å². The number of rotatable bonds is 7. The minimum Gasteiger partial charge on any atom is -0.493 e. The van der Waals surface area contributed by atoms with Crippen molar-refractivity contribution < 1.29 is 17.9 Å². The average molecular weight is 394 g/mol. The quantitative estimate of drug-likeness (QED) is 0.632. The second-order valence-corrected chi connectivity index (χ2v) is 7.69. The van der Waals surface area contributed by atoms with Gasteiger partial charge in [-0.2, -0.15) is 13.2 Å². The molecule has 0 radical (unpaired) electrons. The highest BCUT2D eigenvalue weighted by Gasteiger charge is 2.32. The van der Waals surface area contributed by atoms with E-state index in [0.29, 0.717) is 24.2 Å². The highest BCUT2D eigenvalue weighted by Crippen LogP contribution is 2.34. The molecule has 1 aliphatic heterocycles. The minimum atomic E-state index is -4.32. The number of aromatic nitrogens is 1. The zero-order chi connectivity index (χ0) is 20.1. The second-order valence-electron chi connectivity index (χ2n) is 7.69. The fourth-order valence-corrected chi connectivity index (χ4v) is 4.05. The van der Waals surface area contributed by atoms with Crippen LogP contribution in [0.15, 0.2) is 42.6 Å². The van der Waals surface area contributed by atoms with Gasteiger partial charge >= 0.3 is 6.18 Å². The normalized spacial score (nSPS) is 21.0. The first kappa shape index (κ1) is 20.8. The molecule has 2 heterocycles. The molecule has 0 spiro atoms. The number of benzene rings is 1. The van der Waals surface area contributed by atoms with Gasteiger partial charge in [0, 0.05) is 37.3 Å². The molecule has 3 nitrogen and oxygen atoms in total. The van der Waals surface area contributed by atoms with E-state index in [4.69, 9.17) is 4.74 Å². The topological polar surface area (TPSA) is 17.4 Å². The maximum Gasteiger partial charge on any atom is 0.416 e. The molecule has 0 amide bonds. The van der Waals surface area contributed by atoms with E-state index in [1.807, 2.05) is 0 Å². The van der Waals surface area contributed by atoms with E-state index in [0.717, 1.165) is 38.2 Å². The summed E-state index contributed by atoms with van der Waals surface area (Å²) < 4.78 is 46.3. The predicted octanol–water partition coefficient (Wildman–Crippen LogP) is 5.33. The summed E-state index contributed by atoms with van der Waals surface area (Å²) in [6.07, 6.45) is 1.17. The van der Waals surface area contributed by atoms with Crippen LogP contribution in [0.25, 0.3) is 0 Å². The van der Waals surface area contributed by atoms with Gasteiger partial charge in [-0.25, -0.2) is 0 Å². The summed E-state index contributed by atoms with van der Waals surface area (Å²) in [5, 5.41) is 0. The molecule has 0 bridgehead atoms. The number of halogens is 3. The second kappa shape index (κ2) is 9.03. The molecule has 6 heteroatoms. The molecule has 1 aliphatic rings. The maximum absolute atomic E-state index is 12.7. The van der Waals surface area contributed by atoms with E-state index in [2.05, 4.69) is 41.8 Å². The van der Waals surface area contributed by atoms with Crippen LogP contribution in [0.3, 0.4) is 0 Å². The Balaban J connectivity index is 1.68. The average Bonchev–Trinajstić information content (AvgIpc) is 3.10. The number of nitrogens with zero attached hydrogens (tertiary/aromatic N) is 2. The van der Waals surface area contributed by atoms with Gasteiger partial charge in [-0.15, -0.1) is 0 Å². The van der Waals surface area contributed by atoms with Gasteiger partial charge in [0.1, 0.15) is 5.75 Å². The molecule has 3 rings (SSSR count). The number of piperidine rings is 1. The van der Waals surface area contributed by atoms with E-state index in [9.17, 15) is 13.2 Å². The molecular formula is C22H29F3N2O. The number of ether oxygens (including phenoxy) is 1. The smallest absolute Gasteiger partial charge is 0.416 e. The first-order valence-electron chi connectivity index (χ1n) is 10.0. The third-order valence-corrected chi connectivity index (χ3v) is 5.66. The molecule has 2 atom stereocenters. The van der Waals surface area contributed by atoms with Crippen LogP contribution in [0, 0.1) is 5.92 Å². The lowest BCUT2D eigenvalue weighted by atomic mass is 9.83. The van der Waals surface area contributed by atoms with Crippen molar-refractivity contribution in [2.45, 2.75) is 38.3 Å². The molecule has 1 aromatic heterocycles. The summed E-state index contributed by atoms with van der Waals surface area (Å²) in [6.45, 7) is 5.82. The molecule has 0 aliphatic carbocycles. The number of likely N-dealkylation sites (tertiary alicyclic amines) is 1. The van der Waals surface area contributed by atoms with Gasteiger partial charge in [-0.3, -0.25) is 0 Å². The highest BCUT2D eigenvalue weighted by molar-refractivity contribution is 5.29. The molecule has 28 heavy (non-hydrogen) atoms. The van der Waals surface area contributed by atoms with Crippen LogP contribution in [-0.2, 0) is 13.2 Å². The molecule has 1 fully saturated rings. The maximum atomic E-state index is 12.7. The van der Waals surface area contributed by atoms with Crippen molar-refractivity contribution in [1.29, 1.82) is 0 Å². The Labute approximate surface area is 165 Å². The lowest BCUT2D eigenvalue weighted by Gasteiger charge is -2.38. The van der Waals surface area contributed by atoms with Gasteiger partial charge < -0.3 is 14.2 Å². The summed E-state index contributed by atoms with van der Waals surface area (Å²) in [5.41, 5.74) is 0.654. The predicted molar refractivity (Wildman–Crippen MR) is 105 cm³/mol. The molecule has 0 saturated carbocycles. The van der Waals surface area contributed by atoms with Crippen molar-refractivity contribution in [2.75, 3.05) is 26.2 Å². The van der Waals surface area contributed by atoms with Gasteiger partial charge in [0.05, 0.1) is 12.2 Å². The van der Waals surface area contributed by atoms with Crippen LogP contribution in [-0.4, -0.2) is 35.7 Å². The van der Waals surface area contributed by atoms with Crippen LogP contribution in [0.1, 0.15) is 43.4 Å². The Hall–Kier alpha value is -1.95. The summed E-state index contributed by atoms with van der Waals surface area (Å²) in [4.78, 5) is 2.49. The molecule has 2 aromatic rings.